The predicted octanol–water partition coefficient (Wildman–Crippen LogP) is 2.87. The number of nitrogens with one attached hydrogen (secondary N) is 1. The van der Waals surface area contributed by atoms with Crippen LogP contribution in [-0.4, -0.2) is 17.6 Å². The molecule has 0 aliphatic heterocycles. The van der Waals surface area contributed by atoms with Crippen molar-refractivity contribution < 1.29 is 9.90 Å². The number of benzene rings is 1. The molecule has 3 heteroatoms. The number of hydrogen-bond donors (Lipinski definition) is 2. The Bertz CT molecular complexity index is 442. The summed E-state index contributed by atoms with van der Waals surface area (Å²) < 4.78 is 0. The number of aryl methyl sites for hydroxylation is 1. The Morgan fingerprint density at radius 1 is 1.44 bits per heavy atom. The molecular weight excluding hydrogens is 226 g/mol. The molecule has 1 fully saturated rings. The van der Waals surface area contributed by atoms with Gasteiger partial charge >= 0.3 is 0 Å². The lowest BCUT2D eigenvalue weighted by Crippen LogP contribution is -2.28. The van der Waals surface area contributed by atoms with E-state index >= 15 is 0 Å². The summed E-state index contributed by atoms with van der Waals surface area (Å²) >= 11 is 0. The van der Waals surface area contributed by atoms with E-state index in [0.29, 0.717) is 11.5 Å². The second-order valence-corrected chi connectivity index (χ2v) is 5.51. The van der Waals surface area contributed by atoms with Gasteiger partial charge in [0.15, 0.2) is 0 Å². The van der Waals surface area contributed by atoms with Crippen molar-refractivity contribution in [1.29, 1.82) is 0 Å². The normalized spacial score (nSPS) is 23.0. The summed E-state index contributed by atoms with van der Waals surface area (Å²) in [5.74, 6) is 1.26. The van der Waals surface area contributed by atoms with Gasteiger partial charge in [0.25, 0.3) is 5.91 Å². The van der Waals surface area contributed by atoms with Gasteiger partial charge in [0, 0.05) is 6.54 Å². The molecule has 98 valence electrons. The van der Waals surface area contributed by atoms with E-state index in [0.717, 1.165) is 18.0 Å². The fraction of sp³-hybridized carbons (Fsp3) is 0.533. The molecule has 0 aromatic heterocycles. The van der Waals surface area contributed by atoms with Crippen molar-refractivity contribution in [3.05, 3.63) is 29.3 Å². The zero-order valence-corrected chi connectivity index (χ0v) is 11.1. The van der Waals surface area contributed by atoms with E-state index in [1.807, 2.05) is 13.0 Å². The number of rotatable bonds is 3. The number of amides is 1. The minimum atomic E-state index is -0.174. The molecule has 3 nitrogen and oxygen atoms in total. The number of phenols is 1. The minimum absolute atomic E-state index is 0.0623. The molecule has 1 aliphatic carbocycles. The van der Waals surface area contributed by atoms with Crippen LogP contribution in [0.15, 0.2) is 18.2 Å². The monoisotopic (exact) mass is 247 g/mol. The minimum Gasteiger partial charge on any atom is -0.507 e. The molecule has 1 saturated carbocycles. The van der Waals surface area contributed by atoms with Crippen LogP contribution in [0.3, 0.4) is 0 Å². The van der Waals surface area contributed by atoms with Gasteiger partial charge in [-0.3, -0.25) is 4.79 Å². The third-order valence-corrected chi connectivity index (χ3v) is 3.75. The van der Waals surface area contributed by atoms with E-state index in [9.17, 15) is 9.90 Å². The summed E-state index contributed by atoms with van der Waals surface area (Å²) in [5, 5.41) is 12.7. The average molecular weight is 247 g/mol. The Labute approximate surface area is 108 Å². The molecule has 2 rings (SSSR count). The van der Waals surface area contributed by atoms with Crippen LogP contribution in [0.25, 0.3) is 0 Å². The quantitative estimate of drug-likeness (QED) is 0.863. The Hall–Kier alpha value is -1.51. The molecule has 18 heavy (non-hydrogen) atoms. The highest BCUT2D eigenvalue weighted by molar-refractivity contribution is 5.96. The van der Waals surface area contributed by atoms with Gasteiger partial charge in [0.2, 0.25) is 0 Å². The number of phenolic OH excluding ortho intramolecular Hbond substituents is 1. The number of carbonyl (C=O) groups is 1. The van der Waals surface area contributed by atoms with E-state index in [1.165, 1.54) is 19.3 Å². The Balaban J connectivity index is 1.91. The summed E-state index contributed by atoms with van der Waals surface area (Å²) in [5.41, 5.74) is 1.32. The molecule has 1 amide bonds. The van der Waals surface area contributed by atoms with Crippen molar-refractivity contribution in [2.24, 2.45) is 11.8 Å². The molecule has 2 unspecified atom stereocenters. The van der Waals surface area contributed by atoms with Crippen LogP contribution in [-0.2, 0) is 0 Å². The molecule has 0 saturated heterocycles. The maximum Gasteiger partial charge on any atom is 0.255 e. The summed E-state index contributed by atoms with van der Waals surface area (Å²) in [4.78, 5) is 11.9. The lowest BCUT2D eigenvalue weighted by atomic mass is 10.1. The van der Waals surface area contributed by atoms with E-state index in [2.05, 4.69) is 12.2 Å². The average Bonchev–Trinajstić information content (AvgIpc) is 2.72. The summed E-state index contributed by atoms with van der Waals surface area (Å²) in [6, 6.07) is 5.14. The van der Waals surface area contributed by atoms with Gasteiger partial charge < -0.3 is 10.4 Å². The SMILES string of the molecule is Cc1ccc(C(=O)NCC2CCC(C)C2)c(O)c1. The van der Waals surface area contributed by atoms with Crippen molar-refractivity contribution in [2.75, 3.05) is 6.54 Å². The zero-order valence-electron chi connectivity index (χ0n) is 11.1. The first kappa shape index (κ1) is 12.9. The van der Waals surface area contributed by atoms with E-state index in [1.54, 1.807) is 12.1 Å². The van der Waals surface area contributed by atoms with Gasteiger partial charge in [-0.05, 0) is 49.3 Å². The van der Waals surface area contributed by atoms with Crippen molar-refractivity contribution in [3.8, 4) is 5.75 Å². The molecular formula is C15H21NO2. The fourth-order valence-electron chi connectivity index (χ4n) is 2.68. The lowest BCUT2D eigenvalue weighted by molar-refractivity contribution is 0.0944. The van der Waals surface area contributed by atoms with Gasteiger partial charge in [0.05, 0.1) is 5.56 Å². The molecule has 1 aromatic rings. The van der Waals surface area contributed by atoms with Crippen LogP contribution < -0.4 is 5.32 Å². The Morgan fingerprint density at radius 2 is 2.22 bits per heavy atom. The third-order valence-electron chi connectivity index (χ3n) is 3.75. The highest BCUT2D eigenvalue weighted by Gasteiger charge is 2.22. The topological polar surface area (TPSA) is 49.3 Å². The van der Waals surface area contributed by atoms with Crippen LogP contribution in [0.5, 0.6) is 5.75 Å². The first-order valence-corrected chi connectivity index (χ1v) is 6.64. The molecule has 2 N–H and O–H groups in total. The number of aromatic hydroxyl groups is 1. The second-order valence-electron chi connectivity index (χ2n) is 5.51. The number of hydrogen-bond acceptors (Lipinski definition) is 2. The Kier molecular flexibility index (Phi) is 3.90. The summed E-state index contributed by atoms with van der Waals surface area (Å²) in [7, 11) is 0. The first-order chi connectivity index (χ1) is 8.56. The molecule has 1 aromatic carbocycles. The highest BCUT2D eigenvalue weighted by atomic mass is 16.3. The van der Waals surface area contributed by atoms with Crippen LogP contribution in [0, 0.1) is 18.8 Å². The van der Waals surface area contributed by atoms with E-state index in [4.69, 9.17) is 0 Å². The molecule has 0 radical (unpaired) electrons. The predicted molar refractivity (Wildman–Crippen MR) is 71.7 cm³/mol. The van der Waals surface area contributed by atoms with Crippen molar-refractivity contribution >= 4 is 5.91 Å². The second kappa shape index (κ2) is 5.42. The molecule has 0 heterocycles. The maximum absolute atomic E-state index is 11.9. The molecule has 0 spiro atoms. The van der Waals surface area contributed by atoms with Gasteiger partial charge in [-0.25, -0.2) is 0 Å². The molecule has 0 bridgehead atoms. The Morgan fingerprint density at radius 3 is 2.83 bits per heavy atom. The van der Waals surface area contributed by atoms with E-state index in [-0.39, 0.29) is 11.7 Å². The largest absolute Gasteiger partial charge is 0.507 e. The standard InChI is InChI=1S/C15H21NO2/c1-10-3-5-12(7-10)9-16-15(18)13-6-4-11(2)8-14(13)17/h4,6,8,10,12,17H,3,5,7,9H2,1-2H3,(H,16,18). The molecule has 2 atom stereocenters. The number of carbonyl (C=O) groups excluding carboxylic acids is 1. The van der Waals surface area contributed by atoms with Gasteiger partial charge in [0.1, 0.15) is 5.75 Å². The first-order valence-electron chi connectivity index (χ1n) is 6.64. The highest BCUT2D eigenvalue weighted by Crippen LogP contribution is 2.29. The lowest BCUT2D eigenvalue weighted by Gasteiger charge is -2.12. The smallest absolute Gasteiger partial charge is 0.255 e. The van der Waals surface area contributed by atoms with Crippen molar-refractivity contribution in [1.82, 2.24) is 5.32 Å². The van der Waals surface area contributed by atoms with Gasteiger partial charge in [-0.15, -0.1) is 0 Å². The third kappa shape index (κ3) is 3.03. The van der Waals surface area contributed by atoms with Crippen LogP contribution in [0.2, 0.25) is 0 Å². The summed E-state index contributed by atoms with van der Waals surface area (Å²) in [6.07, 6.45) is 3.65. The van der Waals surface area contributed by atoms with Crippen molar-refractivity contribution in [2.45, 2.75) is 33.1 Å². The fourth-order valence-corrected chi connectivity index (χ4v) is 2.68. The van der Waals surface area contributed by atoms with Crippen molar-refractivity contribution in [3.63, 3.8) is 0 Å². The van der Waals surface area contributed by atoms with Gasteiger partial charge in [-0.2, -0.15) is 0 Å². The summed E-state index contributed by atoms with van der Waals surface area (Å²) in [6.45, 7) is 4.87. The maximum atomic E-state index is 11.9. The van der Waals surface area contributed by atoms with Crippen LogP contribution in [0.1, 0.15) is 42.1 Å². The van der Waals surface area contributed by atoms with Crippen LogP contribution in [0.4, 0.5) is 0 Å². The van der Waals surface area contributed by atoms with Crippen LogP contribution >= 0.6 is 0 Å². The van der Waals surface area contributed by atoms with E-state index < -0.39 is 0 Å². The molecule has 1 aliphatic rings. The zero-order chi connectivity index (χ0) is 13.1. The van der Waals surface area contributed by atoms with Gasteiger partial charge in [-0.1, -0.05) is 19.4 Å².